The minimum atomic E-state index is -0.977. The van der Waals surface area contributed by atoms with Crippen molar-refractivity contribution in [2.75, 3.05) is 7.11 Å². The standard InChI is InChI=1S/C19H24O7/c1-10-8-14(9-20)6-7-15(10)25-19-17(24-13(4)21)12(3)11(2)16(26-19)18(22)23-5/h6-9,11-12,16-17,19H,1-5H3/t11-,12-,16-,17+,19+/m0/s1. The highest BCUT2D eigenvalue weighted by Gasteiger charge is 2.48. The van der Waals surface area contributed by atoms with Crippen LogP contribution < -0.4 is 4.74 Å². The van der Waals surface area contributed by atoms with Crippen molar-refractivity contribution in [1.82, 2.24) is 0 Å². The van der Waals surface area contributed by atoms with E-state index >= 15 is 0 Å². The highest BCUT2D eigenvalue weighted by molar-refractivity contribution is 5.76. The lowest BCUT2D eigenvalue weighted by Gasteiger charge is -2.42. The zero-order chi connectivity index (χ0) is 19.4. The van der Waals surface area contributed by atoms with E-state index in [9.17, 15) is 14.4 Å². The Morgan fingerprint density at radius 3 is 2.42 bits per heavy atom. The first-order valence-electron chi connectivity index (χ1n) is 8.41. The van der Waals surface area contributed by atoms with Gasteiger partial charge in [-0.2, -0.15) is 0 Å². The third-order valence-electron chi connectivity index (χ3n) is 4.69. The molecular formula is C19H24O7. The van der Waals surface area contributed by atoms with Gasteiger partial charge in [0.25, 0.3) is 0 Å². The van der Waals surface area contributed by atoms with Gasteiger partial charge in [0.05, 0.1) is 7.11 Å². The van der Waals surface area contributed by atoms with E-state index in [2.05, 4.69) is 0 Å². The second-order valence-electron chi connectivity index (χ2n) is 6.50. The van der Waals surface area contributed by atoms with Crippen LogP contribution in [-0.4, -0.2) is 43.8 Å². The molecule has 0 aliphatic carbocycles. The van der Waals surface area contributed by atoms with Gasteiger partial charge in [0.15, 0.2) is 12.2 Å². The zero-order valence-electron chi connectivity index (χ0n) is 15.6. The maximum atomic E-state index is 12.1. The molecule has 0 spiro atoms. The molecule has 0 amide bonds. The Bertz CT molecular complexity index is 684. The Kier molecular flexibility index (Phi) is 6.37. The van der Waals surface area contributed by atoms with Crippen LogP contribution in [0.3, 0.4) is 0 Å². The Balaban J connectivity index is 2.31. The summed E-state index contributed by atoms with van der Waals surface area (Å²) in [5, 5.41) is 0. The molecule has 1 saturated heterocycles. The number of hydrogen-bond donors (Lipinski definition) is 0. The molecule has 0 aromatic heterocycles. The molecule has 1 aromatic carbocycles. The summed E-state index contributed by atoms with van der Waals surface area (Å²) in [7, 11) is 1.29. The molecule has 1 heterocycles. The van der Waals surface area contributed by atoms with Crippen molar-refractivity contribution in [2.45, 2.75) is 46.2 Å². The lowest BCUT2D eigenvalue weighted by atomic mass is 9.83. The van der Waals surface area contributed by atoms with Crippen LogP contribution in [0.2, 0.25) is 0 Å². The number of carbonyl (C=O) groups is 3. The van der Waals surface area contributed by atoms with Crippen LogP contribution >= 0.6 is 0 Å². The fraction of sp³-hybridized carbons (Fsp3) is 0.526. The molecule has 7 heteroatoms. The highest BCUT2D eigenvalue weighted by atomic mass is 16.7. The Morgan fingerprint density at radius 2 is 1.88 bits per heavy atom. The molecule has 5 atom stereocenters. The van der Waals surface area contributed by atoms with Crippen LogP contribution in [-0.2, 0) is 23.8 Å². The third-order valence-corrected chi connectivity index (χ3v) is 4.69. The summed E-state index contributed by atoms with van der Waals surface area (Å²) in [6, 6.07) is 4.93. The van der Waals surface area contributed by atoms with Gasteiger partial charge in [0, 0.05) is 18.4 Å². The average molecular weight is 364 g/mol. The minimum absolute atomic E-state index is 0.198. The van der Waals surface area contributed by atoms with Crippen molar-refractivity contribution in [3.63, 3.8) is 0 Å². The monoisotopic (exact) mass is 364 g/mol. The number of aldehydes is 1. The van der Waals surface area contributed by atoms with Crippen molar-refractivity contribution in [2.24, 2.45) is 11.8 Å². The maximum absolute atomic E-state index is 12.1. The van der Waals surface area contributed by atoms with E-state index in [0.717, 1.165) is 11.8 Å². The predicted molar refractivity (Wildman–Crippen MR) is 91.8 cm³/mol. The fourth-order valence-electron chi connectivity index (χ4n) is 3.01. The van der Waals surface area contributed by atoms with Crippen LogP contribution in [0.5, 0.6) is 5.75 Å². The first-order valence-corrected chi connectivity index (χ1v) is 8.41. The third kappa shape index (κ3) is 4.22. The molecule has 1 aliphatic rings. The summed E-state index contributed by atoms with van der Waals surface area (Å²) >= 11 is 0. The molecule has 1 aliphatic heterocycles. The van der Waals surface area contributed by atoms with Crippen molar-refractivity contribution < 1.29 is 33.3 Å². The van der Waals surface area contributed by atoms with Gasteiger partial charge in [-0.3, -0.25) is 9.59 Å². The van der Waals surface area contributed by atoms with Gasteiger partial charge in [-0.05, 0) is 36.6 Å². The van der Waals surface area contributed by atoms with Gasteiger partial charge in [-0.25, -0.2) is 4.79 Å². The summed E-state index contributed by atoms with van der Waals surface area (Å²) in [5.41, 5.74) is 1.24. The summed E-state index contributed by atoms with van der Waals surface area (Å²) in [6.45, 7) is 6.80. The molecule has 26 heavy (non-hydrogen) atoms. The number of rotatable bonds is 5. The van der Waals surface area contributed by atoms with E-state index in [1.807, 2.05) is 13.8 Å². The minimum Gasteiger partial charge on any atom is -0.467 e. The van der Waals surface area contributed by atoms with Gasteiger partial charge in [-0.15, -0.1) is 0 Å². The van der Waals surface area contributed by atoms with Gasteiger partial charge in [0.1, 0.15) is 12.0 Å². The molecule has 0 saturated carbocycles. The first-order chi connectivity index (χ1) is 12.3. The maximum Gasteiger partial charge on any atom is 0.335 e. The summed E-state index contributed by atoms with van der Waals surface area (Å²) in [6.07, 6.45) is -1.75. The summed E-state index contributed by atoms with van der Waals surface area (Å²) < 4.78 is 21.9. The van der Waals surface area contributed by atoms with Crippen molar-refractivity contribution >= 4 is 18.2 Å². The summed E-state index contributed by atoms with van der Waals surface area (Å²) in [5.74, 6) is -0.923. The molecule has 1 aromatic rings. The molecule has 1 fully saturated rings. The van der Waals surface area contributed by atoms with E-state index in [1.165, 1.54) is 14.0 Å². The molecule has 142 valence electrons. The lowest BCUT2D eigenvalue weighted by molar-refractivity contribution is -0.248. The average Bonchev–Trinajstić information content (AvgIpc) is 2.61. The van der Waals surface area contributed by atoms with Crippen molar-refractivity contribution in [3.8, 4) is 5.75 Å². The Morgan fingerprint density at radius 1 is 1.19 bits per heavy atom. The van der Waals surface area contributed by atoms with Gasteiger partial charge in [-0.1, -0.05) is 13.8 Å². The molecular weight excluding hydrogens is 340 g/mol. The molecule has 0 bridgehead atoms. The second kappa shape index (κ2) is 8.31. The van der Waals surface area contributed by atoms with Crippen LogP contribution in [0.15, 0.2) is 18.2 Å². The van der Waals surface area contributed by atoms with Gasteiger partial charge >= 0.3 is 11.9 Å². The van der Waals surface area contributed by atoms with Crippen LogP contribution in [0.25, 0.3) is 0 Å². The number of carbonyl (C=O) groups excluding carboxylic acids is 3. The van der Waals surface area contributed by atoms with Gasteiger partial charge < -0.3 is 18.9 Å². The second-order valence-corrected chi connectivity index (χ2v) is 6.50. The van der Waals surface area contributed by atoms with E-state index in [0.29, 0.717) is 11.3 Å². The van der Waals surface area contributed by atoms with E-state index in [-0.39, 0.29) is 11.8 Å². The van der Waals surface area contributed by atoms with Gasteiger partial charge in [0.2, 0.25) is 6.29 Å². The summed E-state index contributed by atoms with van der Waals surface area (Å²) in [4.78, 5) is 34.5. The Labute approximate surface area is 152 Å². The smallest absolute Gasteiger partial charge is 0.335 e. The molecule has 0 radical (unpaired) electrons. The van der Waals surface area contributed by atoms with Crippen molar-refractivity contribution in [3.05, 3.63) is 29.3 Å². The predicted octanol–water partition coefficient (Wildman–Crippen LogP) is 2.29. The normalized spacial score (nSPS) is 28.1. The SMILES string of the molecule is COC(=O)[C@H]1O[C@@H](Oc2ccc(C=O)cc2C)[C@H](OC(C)=O)[C@@H](C)[C@@H]1C. The van der Waals surface area contributed by atoms with Crippen molar-refractivity contribution in [1.29, 1.82) is 0 Å². The molecule has 0 unspecified atom stereocenters. The molecule has 7 nitrogen and oxygen atoms in total. The fourth-order valence-corrected chi connectivity index (χ4v) is 3.01. The van der Waals surface area contributed by atoms with E-state index in [4.69, 9.17) is 18.9 Å². The number of aryl methyl sites for hydroxylation is 1. The topological polar surface area (TPSA) is 88.1 Å². The molecule has 0 N–H and O–H groups in total. The Hall–Kier alpha value is -2.41. The highest BCUT2D eigenvalue weighted by Crippen LogP contribution is 2.35. The lowest BCUT2D eigenvalue weighted by Crippen LogP contribution is -2.55. The molecule has 2 rings (SSSR count). The number of hydrogen-bond acceptors (Lipinski definition) is 7. The van der Waals surface area contributed by atoms with Crippen LogP contribution in [0.4, 0.5) is 0 Å². The number of benzene rings is 1. The van der Waals surface area contributed by atoms with Crippen LogP contribution in [0.1, 0.15) is 36.7 Å². The largest absolute Gasteiger partial charge is 0.467 e. The quantitative estimate of drug-likeness (QED) is 0.585. The first kappa shape index (κ1) is 19.9. The number of methoxy groups -OCH3 is 1. The zero-order valence-corrected chi connectivity index (χ0v) is 15.6. The van der Waals surface area contributed by atoms with E-state index in [1.54, 1.807) is 25.1 Å². The number of esters is 2. The van der Waals surface area contributed by atoms with Crippen LogP contribution in [0, 0.1) is 18.8 Å². The van der Waals surface area contributed by atoms with E-state index < -0.39 is 30.4 Å². The number of ether oxygens (including phenoxy) is 4.